The highest BCUT2D eigenvalue weighted by Crippen LogP contribution is 2.34. The first-order chi connectivity index (χ1) is 16.0. The molecule has 1 N–H and O–H groups in total. The smallest absolute Gasteiger partial charge is 0.222 e. The highest BCUT2D eigenvalue weighted by Gasteiger charge is 2.23. The van der Waals surface area contributed by atoms with Gasteiger partial charge in [-0.05, 0) is 37.1 Å². The summed E-state index contributed by atoms with van der Waals surface area (Å²) < 4.78 is 13.4. The van der Waals surface area contributed by atoms with E-state index in [0.717, 1.165) is 23.2 Å². The fourth-order valence-corrected chi connectivity index (χ4v) is 3.77. The number of benzene rings is 2. The zero-order valence-electron chi connectivity index (χ0n) is 19.3. The van der Waals surface area contributed by atoms with Crippen LogP contribution in [0.4, 0.5) is 0 Å². The van der Waals surface area contributed by atoms with Crippen LogP contribution in [0.25, 0.3) is 11.3 Å². The van der Waals surface area contributed by atoms with Crippen LogP contribution in [-0.4, -0.2) is 52.7 Å². The molecule has 0 aliphatic rings. The van der Waals surface area contributed by atoms with Gasteiger partial charge in [-0.1, -0.05) is 48.0 Å². The van der Waals surface area contributed by atoms with Gasteiger partial charge < -0.3 is 14.6 Å². The molecule has 33 heavy (non-hydrogen) atoms. The highest BCUT2D eigenvalue weighted by molar-refractivity contribution is 6.30. The molecule has 0 fully saturated rings. The van der Waals surface area contributed by atoms with Crippen LogP contribution in [0.3, 0.4) is 0 Å². The fourth-order valence-electron chi connectivity index (χ4n) is 3.64. The van der Waals surface area contributed by atoms with Gasteiger partial charge in [-0.15, -0.1) is 6.58 Å². The Labute approximate surface area is 201 Å². The quantitative estimate of drug-likeness (QED) is 0.344. The third kappa shape index (κ3) is 7.17. The maximum absolute atomic E-state index is 10.6. The van der Waals surface area contributed by atoms with E-state index < -0.39 is 6.10 Å². The van der Waals surface area contributed by atoms with E-state index in [2.05, 4.69) is 11.5 Å². The number of aryl methyl sites for hydroxylation is 1. The summed E-state index contributed by atoms with van der Waals surface area (Å²) in [6.45, 7) is 6.05. The van der Waals surface area contributed by atoms with Crippen molar-refractivity contribution in [1.82, 2.24) is 14.7 Å². The number of rotatable bonds is 13. The molecule has 0 aliphatic carbocycles. The number of nitrogens with zero attached hydrogens (tertiary/aromatic N) is 3. The standard InChI is InChI=1S/C26H32ClN3O3/c1-4-5-11-22(31)18-30(16-17-32-3)19-24-25(20-9-7-6-8-10-20)28-29(2)26(24)33-23-14-12-21(27)13-15-23/h4,6-10,12-15,22,31H,1,5,11,16-19H2,2-3H3/t22-/m0/s1. The Morgan fingerprint density at radius 2 is 1.91 bits per heavy atom. The third-order valence-corrected chi connectivity index (χ3v) is 5.58. The molecule has 0 spiro atoms. The van der Waals surface area contributed by atoms with Crippen molar-refractivity contribution in [1.29, 1.82) is 0 Å². The van der Waals surface area contributed by atoms with Crippen LogP contribution in [0.15, 0.2) is 67.3 Å². The molecule has 0 saturated heterocycles. The van der Waals surface area contributed by atoms with Gasteiger partial charge in [0.2, 0.25) is 5.88 Å². The van der Waals surface area contributed by atoms with Crippen molar-refractivity contribution < 1.29 is 14.6 Å². The largest absolute Gasteiger partial charge is 0.439 e. The van der Waals surface area contributed by atoms with Gasteiger partial charge in [0.15, 0.2) is 0 Å². The van der Waals surface area contributed by atoms with E-state index in [9.17, 15) is 5.11 Å². The zero-order valence-corrected chi connectivity index (χ0v) is 20.0. The van der Waals surface area contributed by atoms with E-state index in [-0.39, 0.29) is 0 Å². The summed E-state index contributed by atoms with van der Waals surface area (Å²) in [6, 6.07) is 17.3. The molecule has 0 unspecified atom stereocenters. The normalized spacial score (nSPS) is 12.2. The third-order valence-electron chi connectivity index (χ3n) is 5.33. The average Bonchev–Trinajstić information content (AvgIpc) is 3.13. The van der Waals surface area contributed by atoms with Crippen LogP contribution in [0.1, 0.15) is 18.4 Å². The van der Waals surface area contributed by atoms with E-state index >= 15 is 0 Å². The summed E-state index contributed by atoms with van der Waals surface area (Å²) in [7, 11) is 3.56. The number of aliphatic hydroxyl groups is 1. The Bertz CT molecular complexity index is 1010. The lowest BCUT2D eigenvalue weighted by Crippen LogP contribution is -2.34. The molecule has 0 aliphatic heterocycles. The maximum Gasteiger partial charge on any atom is 0.222 e. The predicted molar refractivity (Wildman–Crippen MR) is 133 cm³/mol. The molecule has 176 valence electrons. The van der Waals surface area contributed by atoms with Crippen LogP contribution in [-0.2, 0) is 18.3 Å². The zero-order chi connectivity index (χ0) is 23.6. The van der Waals surface area contributed by atoms with Crippen LogP contribution >= 0.6 is 11.6 Å². The van der Waals surface area contributed by atoms with Gasteiger partial charge in [0.05, 0.1) is 18.3 Å². The Kier molecular flexibility index (Phi) is 9.51. The van der Waals surface area contributed by atoms with E-state index in [0.29, 0.717) is 49.3 Å². The van der Waals surface area contributed by atoms with Gasteiger partial charge in [0.1, 0.15) is 11.4 Å². The number of halogens is 1. The van der Waals surface area contributed by atoms with Gasteiger partial charge in [-0.25, -0.2) is 4.68 Å². The molecule has 1 atom stereocenters. The molecule has 0 bridgehead atoms. The number of aromatic nitrogens is 2. The number of aliphatic hydroxyl groups excluding tert-OH is 1. The van der Waals surface area contributed by atoms with Crippen LogP contribution in [0, 0.1) is 0 Å². The van der Waals surface area contributed by atoms with Crippen molar-refractivity contribution in [2.75, 3.05) is 26.8 Å². The minimum Gasteiger partial charge on any atom is -0.439 e. The van der Waals surface area contributed by atoms with Gasteiger partial charge in [0, 0.05) is 44.4 Å². The maximum atomic E-state index is 10.6. The van der Waals surface area contributed by atoms with Crippen molar-refractivity contribution in [3.63, 3.8) is 0 Å². The van der Waals surface area contributed by atoms with Gasteiger partial charge in [-0.3, -0.25) is 4.90 Å². The highest BCUT2D eigenvalue weighted by atomic mass is 35.5. The summed E-state index contributed by atoms with van der Waals surface area (Å²) in [5, 5.41) is 16.0. The van der Waals surface area contributed by atoms with Crippen molar-refractivity contribution in [3.05, 3.63) is 77.8 Å². The second-order valence-corrected chi connectivity index (χ2v) is 8.36. The minimum absolute atomic E-state index is 0.461. The van der Waals surface area contributed by atoms with Gasteiger partial charge >= 0.3 is 0 Å². The Balaban J connectivity index is 1.96. The Hall–Kier alpha value is -2.64. The first-order valence-corrected chi connectivity index (χ1v) is 11.4. The SMILES string of the molecule is C=CCC[C@H](O)CN(CCOC)Cc1c(-c2ccccc2)nn(C)c1Oc1ccc(Cl)cc1. The number of allylic oxidation sites excluding steroid dienone is 1. The van der Waals surface area contributed by atoms with Crippen molar-refractivity contribution in [2.45, 2.75) is 25.5 Å². The lowest BCUT2D eigenvalue weighted by atomic mass is 10.1. The summed E-state index contributed by atoms with van der Waals surface area (Å²) in [5.41, 5.74) is 2.81. The Morgan fingerprint density at radius 3 is 2.58 bits per heavy atom. The Morgan fingerprint density at radius 1 is 1.18 bits per heavy atom. The molecule has 1 aromatic heterocycles. The summed E-state index contributed by atoms with van der Waals surface area (Å²) >= 11 is 6.04. The summed E-state index contributed by atoms with van der Waals surface area (Å²) in [5.74, 6) is 1.33. The molecule has 0 amide bonds. The van der Waals surface area contributed by atoms with Gasteiger partial charge in [0.25, 0.3) is 0 Å². The fraction of sp³-hybridized carbons (Fsp3) is 0.346. The molecular weight excluding hydrogens is 438 g/mol. The molecular formula is C26H32ClN3O3. The molecule has 2 aromatic carbocycles. The summed E-state index contributed by atoms with van der Waals surface area (Å²) in [4.78, 5) is 2.18. The molecule has 1 heterocycles. The number of methoxy groups -OCH3 is 1. The van der Waals surface area contributed by atoms with Crippen LogP contribution in [0.2, 0.25) is 5.02 Å². The number of ether oxygens (including phenoxy) is 2. The lowest BCUT2D eigenvalue weighted by Gasteiger charge is -2.25. The molecule has 7 heteroatoms. The van der Waals surface area contributed by atoms with E-state index in [1.54, 1.807) is 23.9 Å². The molecule has 0 radical (unpaired) electrons. The second kappa shape index (κ2) is 12.6. The first kappa shape index (κ1) is 25.0. The number of hydrogen-bond acceptors (Lipinski definition) is 5. The second-order valence-electron chi connectivity index (χ2n) is 7.93. The van der Waals surface area contributed by atoms with E-state index in [4.69, 9.17) is 26.2 Å². The van der Waals surface area contributed by atoms with Crippen molar-refractivity contribution in [3.8, 4) is 22.9 Å². The van der Waals surface area contributed by atoms with Crippen LogP contribution < -0.4 is 4.74 Å². The topological polar surface area (TPSA) is 59.8 Å². The number of hydrogen-bond donors (Lipinski definition) is 1. The molecule has 3 rings (SSSR count). The first-order valence-electron chi connectivity index (χ1n) is 11.1. The predicted octanol–water partition coefficient (Wildman–Crippen LogP) is 5.31. The molecule has 6 nitrogen and oxygen atoms in total. The van der Waals surface area contributed by atoms with Crippen molar-refractivity contribution >= 4 is 11.6 Å². The summed E-state index contributed by atoms with van der Waals surface area (Å²) in [6.07, 6.45) is 2.80. The lowest BCUT2D eigenvalue weighted by molar-refractivity contribution is 0.0806. The van der Waals surface area contributed by atoms with E-state index in [1.165, 1.54) is 0 Å². The van der Waals surface area contributed by atoms with Crippen LogP contribution in [0.5, 0.6) is 11.6 Å². The monoisotopic (exact) mass is 469 g/mol. The average molecular weight is 470 g/mol. The minimum atomic E-state index is -0.461. The molecule has 3 aromatic rings. The van der Waals surface area contributed by atoms with Crippen molar-refractivity contribution in [2.24, 2.45) is 7.05 Å². The van der Waals surface area contributed by atoms with Gasteiger partial charge in [-0.2, -0.15) is 5.10 Å². The molecule has 0 saturated carbocycles. The van der Waals surface area contributed by atoms with E-state index in [1.807, 2.05) is 55.6 Å².